The summed E-state index contributed by atoms with van der Waals surface area (Å²) in [6.45, 7) is 1.93. The van der Waals surface area contributed by atoms with E-state index in [-0.39, 0.29) is 5.91 Å². The molecule has 0 unspecified atom stereocenters. The van der Waals surface area contributed by atoms with E-state index in [2.05, 4.69) is 5.32 Å². The van der Waals surface area contributed by atoms with Crippen LogP contribution in [-0.4, -0.2) is 20.1 Å². The number of methoxy groups -OCH3 is 2. The predicted molar refractivity (Wildman–Crippen MR) is 83.7 cm³/mol. The van der Waals surface area contributed by atoms with E-state index in [4.69, 9.17) is 21.1 Å². The van der Waals surface area contributed by atoms with Crippen molar-refractivity contribution in [2.24, 2.45) is 0 Å². The van der Waals surface area contributed by atoms with E-state index in [0.717, 1.165) is 5.56 Å². The molecule has 0 aliphatic carbocycles. The second kappa shape index (κ2) is 6.50. The van der Waals surface area contributed by atoms with Crippen molar-refractivity contribution in [3.63, 3.8) is 0 Å². The fraction of sp³-hybridized carbons (Fsp3) is 0.188. The Hall–Kier alpha value is -2.20. The molecule has 110 valence electrons. The zero-order chi connectivity index (χ0) is 15.4. The smallest absolute Gasteiger partial charge is 0.255 e. The molecular formula is C16H16ClNO3. The second-order valence-electron chi connectivity index (χ2n) is 4.51. The third-order valence-corrected chi connectivity index (χ3v) is 3.30. The number of carbonyl (C=O) groups excluding carboxylic acids is 1. The van der Waals surface area contributed by atoms with E-state index in [0.29, 0.717) is 27.8 Å². The summed E-state index contributed by atoms with van der Waals surface area (Å²) in [5.41, 5.74) is 2.10. The van der Waals surface area contributed by atoms with Crippen LogP contribution in [0.1, 0.15) is 15.9 Å². The molecule has 0 aliphatic heterocycles. The van der Waals surface area contributed by atoms with Gasteiger partial charge in [-0.25, -0.2) is 0 Å². The molecule has 0 radical (unpaired) electrons. The van der Waals surface area contributed by atoms with Gasteiger partial charge in [-0.3, -0.25) is 4.79 Å². The van der Waals surface area contributed by atoms with Gasteiger partial charge in [0.15, 0.2) is 0 Å². The maximum absolute atomic E-state index is 12.3. The highest BCUT2D eigenvalue weighted by atomic mass is 35.5. The fourth-order valence-electron chi connectivity index (χ4n) is 1.94. The standard InChI is InChI=1S/C16H16ClNO3/c1-10-5-4-6-11(7-10)16(19)18-13-9-14(20-2)12(17)8-15(13)21-3/h4-9H,1-3H3,(H,18,19). The number of aryl methyl sites for hydroxylation is 1. The molecule has 0 aromatic heterocycles. The van der Waals surface area contributed by atoms with Crippen molar-refractivity contribution < 1.29 is 14.3 Å². The van der Waals surface area contributed by atoms with Crippen molar-refractivity contribution >= 4 is 23.2 Å². The van der Waals surface area contributed by atoms with Crippen LogP contribution in [0.4, 0.5) is 5.69 Å². The minimum Gasteiger partial charge on any atom is -0.495 e. The lowest BCUT2D eigenvalue weighted by molar-refractivity contribution is 0.102. The molecular weight excluding hydrogens is 290 g/mol. The van der Waals surface area contributed by atoms with Crippen LogP contribution in [0.2, 0.25) is 5.02 Å². The third-order valence-electron chi connectivity index (χ3n) is 3.00. The zero-order valence-corrected chi connectivity index (χ0v) is 12.8. The average Bonchev–Trinajstić information content (AvgIpc) is 2.48. The molecule has 2 aromatic rings. The van der Waals surface area contributed by atoms with E-state index in [1.807, 2.05) is 25.1 Å². The number of ether oxygens (including phenoxy) is 2. The number of carbonyl (C=O) groups is 1. The summed E-state index contributed by atoms with van der Waals surface area (Å²) in [4.78, 5) is 12.3. The van der Waals surface area contributed by atoms with Crippen LogP contribution >= 0.6 is 11.6 Å². The van der Waals surface area contributed by atoms with Crippen LogP contribution in [0.15, 0.2) is 36.4 Å². The van der Waals surface area contributed by atoms with E-state index < -0.39 is 0 Å². The van der Waals surface area contributed by atoms with Crippen LogP contribution in [0.25, 0.3) is 0 Å². The zero-order valence-electron chi connectivity index (χ0n) is 12.1. The summed E-state index contributed by atoms with van der Waals surface area (Å²) in [6.07, 6.45) is 0. The molecule has 0 aliphatic rings. The summed E-state index contributed by atoms with van der Waals surface area (Å²) < 4.78 is 10.4. The molecule has 5 heteroatoms. The lowest BCUT2D eigenvalue weighted by Crippen LogP contribution is -2.13. The monoisotopic (exact) mass is 305 g/mol. The molecule has 4 nitrogen and oxygen atoms in total. The van der Waals surface area contributed by atoms with Gasteiger partial charge in [0.05, 0.1) is 24.9 Å². The largest absolute Gasteiger partial charge is 0.495 e. The molecule has 0 fully saturated rings. The summed E-state index contributed by atoms with van der Waals surface area (Å²) in [5, 5.41) is 3.22. The molecule has 1 amide bonds. The number of rotatable bonds is 4. The highest BCUT2D eigenvalue weighted by molar-refractivity contribution is 6.32. The van der Waals surface area contributed by atoms with Crippen molar-refractivity contribution in [1.82, 2.24) is 0 Å². The average molecular weight is 306 g/mol. The number of amides is 1. The number of nitrogens with one attached hydrogen (secondary N) is 1. The molecule has 0 bridgehead atoms. The first-order valence-electron chi connectivity index (χ1n) is 6.34. The number of benzene rings is 2. The quantitative estimate of drug-likeness (QED) is 0.931. The molecule has 0 saturated heterocycles. The number of anilines is 1. The van der Waals surface area contributed by atoms with Crippen LogP contribution in [-0.2, 0) is 0 Å². The molecule has 2 rings (SSSR count). The van der Waals surface area contributed by atoms with Gasteiger partial charge in [-0.15, -0.1) is 0 Å². The number of hydrogen-bond acceptors (Lipinski definition) is 3. The molecule has 2 aromatic carbocycles. The number of hydrogen-bond donors (Lipinski definition) is 1. The lowest BCUT2D eigenvalue weighted by Gasteiger charge is -2.13. The molecule has 0 heterocycles. The Bertz CT molecular complexity index is 671. The minimum absolute atomic E-state index is 0.221. The third kappa shape index (κ3) is 3.47. The first-order valence-corrected chi connectivity index (χ1v) is 6.72. The molecule has 1 N–H and O–H groups in total. The van der Waals surface area contributed by atoms with Crippen molar-refractivity contribution in [1.29, 1.82) is 0 Å². The van der Waals surface area contributed by atoms with Gasteiger partial charge >= 0.3 is 0 Å². The predicted octanol–water partition coefficient (Wildman–Crippen LogP) is 3.92. The Balaban J connectivity index is 2.32. The summed E-state index contributed by atoms with van der Waals surface area (Å²) in [7, 11) is 3.03. The Morgan fingerprint density at radius 3 is 2.43 bits per heavy atom. The highest BCUT2D eigenvalue weighted by Gasteiger charge is 2.13. The Labute approximate surface area is 128 Å². The van der Waals surface area contributed by atoms with Gasteiger partial charge in [-0.05, 0) is 19.1 Å². The van der Waals surface area contributed by atoms with Crippen molar-refractivity contribution in [3.8, 4) is 11.5 Å². The summed E-state index contributed by atoms with van der Waals surface area (Å²) in [6, 6.07) is 10.6. The van der Waals surface area contributed by atoms with Crippen molar-refractivity contribution in [3.05, 3.63) is 52.5 Å². The van der Waals surface area contributed by atoms with Gasteiger partial charge in [0.2, 0.25) is 0 Å². The maximum Gasteiger partial charge on any atom is 0.255 e. The van der Waals surface area contributed by atoms with Gasteiger partial charge < -0.3 is 14.8 Å². The van der Waals surface area contributed by atoms with Crippen molar-refractivity contribution in [2.75, 3.05) is 19.5 Å². The minimum atomic E-state index is -0.221. The van der Waals surface area contributed by atoms with Crippen molar-refractivity contribution in [2.45, 2.75) is 6.92 Å². The van der Waals surface area contributed by atoms with E-state index in [1.165, 1.54) is 14.2 Å². The summed E-state index contributed by atoms with van der Waals surface area (Å²) >= 11 is 6.04. The first kappa shape index (κ1) is 15.2. The Kier molecular flexibility index (Phi) is 4.70. The Morgan fingerprint density at radius 1 is 1.10 bits per heavy atom. The maximum atomic E-state index is 12.3. The summed E-state index contributed by atoms with van der Waals surface area (Å²) in [5.74, 6) is 0.722. The van der Waals surface area contributed by atoms with Crippen LogP contribution in [0.5, 0.6) is 11.5 Å². The SMILES string of the molecule is COc1cc(NC(=O)c2cccc(C)c2)c(OC)cc1Cl. The highest BCUT2D eigenvalue weighted by Crippen LogP contribution is 2.36. The van der Waals surface area contributed by atoms with Gasteiger partial charge in [-0.1, -0.05) is 29.3 Å². The van der Waals surface area contributed by atoms with E-state index in [9.17, 15) is 4.79 Å². The molecule has 0 atom stereocenters. The topological polar surface area (TPSA) is 47.6 Å². The van der Waals surface area contributed by atoms with E-state index in [1.54, 1.807) is 18.2 Å². The van der Waals surface area contributed by atoms with Crippen LogP contribution < -0.4 is 14.8 Å². The first-order chi connectivity index (χ1) is 10.0. The second-order valence-corrected chi connectivity index (χ2v) is 4.92. The molecule has 0 saturated carbocycles. The van der Waals surface area contributed by atoms with Gasteiger partial charge in [0.25, 0.3) is 5.91 Å². The van der Waals surface area contributed by atoms with Gasteiger partial charge in [0, 0.05) is 17.7 Å². The number of halogens is 1. The van der Waals surface area contributed by atoms with Gasteiger partial charge in [-0.2, -0.15) is 0 Å². The van der Waals surface area contributed by atoms with Gasteiger partial charge in [0.1, 0.15) is 11.5 Å². The lowest BCUT2D eigenvalue weighted by atomic mass is 10.1. The Morgan fingerprint density at radius 2 is 1.81 bits per heavy atom. The van der Waals surface area contributed by atoms with E-state index >= 15 is 0 Å². The normalized spacial score (nSPS) is 10.1. The fourth-order valence-corrected chi connectivity index (χ4v) is 2.17. The molecule has 21 heavy (non-hydrogen) atoms. The van der Waals surface area contributed by atoms with Crippen LogP contribution in [0.3, 0.4) is 0 Å². The van der Waals surface area contributed by atoms with Crippen LogP contribution in [0, 0.1) is 6.92 Å². The molecule has 0 spiro atoms.